The highest BCUT2D eigenvalue weighted by molar-refractivity contribution is 5.22. The van der Waals surface area contributed by atoms with Crippen LogP contribution in [0.1, 0.15) is 70.8 Å². The van der Waals surface area contributed by atoms with Crippen LogP contribution < -0.4 is 0 Å². The lowest BCUT2D eigenvalue weighted by molar-refractivity contribution is 0.227. The lowest BCUT2D eigenvalue weighted by Gasteiger charge is -2.33. The van der Waals surface area contributed by atoms with Gasteiger partial charge in [0.1, 0.15) is 0 Å². The molecule has 1 saturated carbocycles. The number of rotatable bonds is 5. The maximum absolute atomic E-state index is 13.3. The molecule has 0 aromatic heterocycles. The zero-order valence-electron chi connectivity index (χ0n) is 13.5. The minimum Gasteiger partial charge on any atom is -0.204 e. The number of benzene rings is 1. The molecule has 118 valence electrons. The Morgan fingerprint density at radius 2 is 1.62 bits per heavy atom. The molecule has 1 unspecified atom stereocenters. The monoisotopic (exact) mass is 294 g/mol. The fourth-order valence-corrected chi connectivity index (χ4v) is 3.62. The quantitative estimate of drug-likeness (QED) is 0.597. The second-order valence-corrected chi connectivity index (χ2v) is 7.23. The summed E-state index contributed by atoms with van der Waals surface area (Å²) in [7, 11) is 0. The molecule has 0 bridgehead atoms. The molecule has 0 N–H and O–H groups in total. The Balaban J connectivity index is 1.86. The van der Waals surface area contributed by atoms with Crippen LogP contribution in [-0.2, 0) is 0 Å². The predicted octanol–water partition coefficient (Wildman–Crippen LogP) is 6.31. The van der Waals surface area contributed by atoms with Gasteiger partial charge >= 0.3 is 0 Å². The van der Waals surface area contributed by atoms with Crippen LogP contribution in [0.2, 0.25) is 0 Å². The molecule has 1 aromatic carbocycles. The van der Waals surface area contributed by atoms with E-state index in [-0.39, 0.29) is 0 Å². The lowest BCUT2D eigenvalue weighted by Crippen LogP contribution is -2.20. The first-order valence-corrected chi connectivity index (χ1v) is 8.42. The van der Waals surface area contributed by atoms with E-state index in [1.807, 2.05) is 0 Å². The van der Waals surface area contributed by atoms with Crippen LogP contribution in [0.4, 0.5) is 8.78 Å². The van der Waals surface area contributed by atoms with Gasteiger partial charge in [-0.3, -0.25) is 0 Å². The minimum atomic E-state index is -0.741. The van der Waals surface area contributed by atoms with Gasteiger partial charge in [0.25, 0.3) is 0 Å². The van der Waals surface area contributed by atoms with Crippen LogP contribution >= 0.6 is 0 Å². The Hall–Kier alpha value is -0.920. The Labute approximate surface area is 128 Å². The third kappa shape index (κ3) is 4.52. The Bertz CT molecular complexity index is 445. The maximum Gasteiger partial charge on any atom is 0.159 e. The van der Waals surface area contributed by atoms with Crippen molar-refractivity contribution in [3.8, 4) is 0 Å². The average molecular weight is 294 g/mol. The second kappa shape index (κ2) is 7.38. The molecule has 0 amide bonds. The number of halogens is 2. The molecule has 0 heterocycles. The fraction of sp³-hybridized carbons (Fsp3) is 0.684. The minimum absolute atomic E-state index is 0.411. The Morgan fingerprint density at radius 1 is 0.952 bits per heavy atom. The van der Waals surface area contributed by atoms with Crippen molar-refractivity contribution >= 4 is 0 Å². The molecule has 1 aromatic rings. The number of hydrogen-bond acceptors (Lipinski definition) is 0. The van der Waals surface area contributed by atoms with Gasteiger partial charge in [-0.25, -0.2) is 8.78 Å². The standard InChI is InChI=1S/C19H28F2/c1-13(2)4-5-14(3)15-6-8-16(9-7-15)17-10-11-18(20)19(21)12-17/h10-16H,4-9H2,1-3H3. The Morgan fingerprint density at radius 3 is 2.19 bits per heavy atom. The first kappa shape index (κ1) is 16.5. The van der Waals surface area contributed by atoms with E-state index in [0.29, 0.717) is 5.92 Å². The van der Waals surface area contributed by atoms with Crippen molar-refractivity contribution in [3.05, 3.63) is 35.4 Å². The highest BCUT2D eigenvalue weighted by Crippen LogP contribution is 2.40. The van der Waals surface area contributed by atoms with Crippen LogP contribution in [0.3, 0.4) is 0 Å². The molecule has 21 heavy (non-hydrogen) atoms. The zero-order valence-corrected chi connectivity index (χ0v) is 13.5. The number of hydrogen-bond donors (Lipinski definition) is 0. The van der Waals surface area contributed by atoms with Crippen molar-refractivity contribution in [1.82, 2.24) is 0 Å². The van der Waals surface area contributed by atoms with Gasteiger partial charge in [-0.1, -0.05) is 39.7 Å². The SMILES string of the molecule is CC(C)CCC(C)C1CCC(c2ccc(F)c(F)c2)CC1. The van der Waals surface area contributed by atoms with Gasteiger partial charge in [0, 0.05) is 0 Å². The smallest absolute Gasteiger partial charge is 0.159 e. The summed E-state index contributed by atoms with van der Waals surface area (Å²) in [6.45, 7) is 6.95. The summed E-state index contributed by atoms with van der Waals surface area (Å²) in [5.41, 5.74) is 0.974. The van der Waals surface area contributed by atoms with Crippen molar-refractivity contribution < 1.29 is 8.78 Å². The molecular formula is C19H28F2. The van der Waals surface area contributed by atoms with Crippen LogP contribution in [0, 0.1) is 29.4 Å². The third-order valence-electron chi connectivity index (χ3n) is 5.19. The molecule has 1 atom stereocenters. The van der Waals surface area contributed by atoms with Gasteiger partial charge in [0.05, 0.1) is 0 Å². The summed E-state index contributed by atoms with van der Waals surface area (Å²) in [5.74, 6) is 1.35. The lowest BCUT2D eigenvalue weighted by atomic mass is 9.73. The third-order valence-corrected chi connectivity index (χ3v) is 5.19. The molecule has 1 aliphatic rings. The van der Waals surface area contributed by atoms with E-state index in [2.05, 4.69) is 20.8 Å². The molecule has 2 heteroatoms. The summed E-state index contributed by atoms with van der Waals surface area (Å²) in [4.78, 5) is 0. The van der Waals surface area contributed by atoms with Gasteiger partial charge in [-0.2, -0.15) is 0 Å². The van der Waals surface area contributed by atoms with Gasteiger partial charge in [-0.05, 0) is 67.1 Å². The first-order valence-electron chi connectivity index (χ1n) is 8.42. The molecule has 0 saturated heterocycles. The molecular weight excluding hydrogens is 266 g/mol. The van der Waals surface area contributed by atoms with E-state index >= 15 is 0 Å². The topological polar surface area (TPSA) is 0 Å². The van der Waals surface area contributed by atoms with Crippen LogP contribution in [0.15, 0.2) is 18.2 Å². The van der Waals surface area contributed by atoms with Crippen LogP contribution in [0.5, 0.6) is 0 Å². The van der Waals surface area contributed by atoms with Crippen LogP contribution in [-0.4, -0.2) is 0 Å². The fourth-order valence-electron chi connectivity index (χ4n) is 3.62. The van der Waals surface area contributed by atoms with Gasteiger partial charge < -0.3 is 0 Å². The normalized spacial score (nSPS) is 24.3. The average Bonchev–Trinajstić information content (AvgIpc) is 2.48. The molecule has 0 nitrogen and oxygen atoms in total. The summed E-state index contributed by atoms with van der Waals surface area (Å²) >= 11 is 0. The molecule has 0 aliphatic heterocycles. The zero-order chi connectivity index (χ0) is 15.4. The molecule has 1 aliphatic carbocycles. The van der Waals surface area contributed by atoms with Crippen molar-refractivity contribution in [2.75, 3.05) is 0 Å². The van der Waals surface area contributed by atoms with E-state index in [1.165, 1.54) is 37.8 Å². The second-order valence-electron chi connectivity index (χ2n) is 7.23. The molecule has 2 rings (SSSR count). The van der Waals surface area contributed by atoms with E-state index < -0.39 is 11.6 Å². The van der Waals surface area contributed by atoms with Crippen molar-refractivity contribution in [1.29, 1.82) is 0 Å². The largest absolute Gasteiger partial charge is 0.204 e. The van der Waals surface area contributed by atoms with Gasteiger partial charge in [0.15, 0.2) is 11.6 Å². The molecule has 1 fully saturated rings. The predicted molar refractivity (Wildman–Crippen MR) is 84.3 cm³/mol. The summed E-state index contributed by atoms with van der Waals surface area (Å²) < 4.78 is 26.3. The van der Waals surface area contributed by atoms with E-state index in [1.54, 1.807) is 6.07 Å². The van der Waals surface area contributed by atoms with E-state index in [4.69, 9.17) is 0 Å². The van der Waals surface area contributed by atoms with Crippen molar-refractivity contribution in [2.24, 2.45) is 17.8 Å². The Kier molecular flexibility index (Phi) is 5.78. The highest BCUT2D eigenvalue weighted by Gasteiger charge is 2.26. The van der Waals surface area contributed by atoms with Crippen molar-refractivity contribution in [2.45, 2.75) is 65.2 Å². The van der Waals surface area contributed by atoms with Gasteiger partial charge in [0.2, 0.25) is 0 Å². The molecule has 0 spiro atoms. The van der Waals surface area contributed by atoms with Crippen molar-refractivity contribution in [3.63, 3.8) is 0 Å². The summed E-state index contributed by atoms with van der Waals surface area (Å²) in [6, 6.07) is 4.41. The first-order chi connectivity index (χ1) is 9.97. The summed E-state index contributed by atoms with van der Waals surface area (Å²) in [6.07, 6.45) is 7.30. The maximum atomic E-state index is 13.3. The summed E-state index contributed by atoms with van der Waals surface area (Å²) in [5, 5.41) is 0. The van der Waals surface area contributed by atoms with Gasteiger partial charge in [-0.15, -0.1) is 0 Å². The van der Waals surface area contributed by atoms with E-state index in [9.17, 15) is 8.78 Å². The van der Waals surface area contributed by atoms with Crippen LogP contribution in [0.25, 0.3) is 0 Å². The van der Waals surface area contributed by atoms with E-state index in [0.717, 1.165) is 36.2 Å². The molecule has 0 radical (unpaired) electrons. The highest BCUT2D eigenvalue weighted by atomic mass is 19.2.